The van der Waals surface area contributed by atoms with Crippen LogP contribution in [0.5, 0.6) is 0 Å². The first-order chi connectivity index (χ1) is 17.6. The zero-order valence-electron chi connectivity index (χ0n) is 20.5. The highest BCUT2D eigenvalue weighted by molar-refractivity contribution is 7.80. The Balaban J connectivity index is 0.000000414. The third-order valence-electron chi connectivity index (χ3n) is 6.34. The van der Waals surface area contributed by atoms with Gasteiger partial charge >= 0.3 is 5.69 Å². The van der Waals surface area contributed by atoms with E-state index in [-0.39, 0.29) is 21.1 Å². The second kappa shape index (κ2) is 12.5. The number of aromatic amines is 1. The van der Waals surface area contributed by atoms with Crippen molar-refractivity contribution in [2.24, 2.45) is 11.7 Å². The number of benzene rings is 3. The molecular formula is C28H33F2N3O3S. The Kier molecular flexibility index (Phi) is 9.41. The first-order valence-electron chi connectivity index (χ1n) is 11.8. The molecule has 3 atom stereocenters. The number of hydrogen-bond donors (Lipinski definition) is 3. The normalized spacial score (nSPS) is 13.3. The smallest absolute Gasteiger partial charge is 0.329 e. The molecular weight excluding hydrogens is 496 g/mol. The minimum Gasteiger partial charge on any atom is -0.368 e. The molecule has 0 aliphatic carbocycles. The number of nitrogens with one attached hydrogen (secondary N) is 1. The molecule has 1 aromatic heterocycles. The summed E-state index contributed by atoms with van der Waals surface area (Å²) >= 11 is 4.16. The SMILES string of the molecule is CC(c1ccc(F)cc1F)[C@H](C)CS.NC(=O)C(Cc1ccccc1)n1c(=O)[nH]c2ccccc2c1=O.[HH].[HH]. The van der Waals surface area contributed by atoms with Crippen LogP contribution in [0.2, 0.25) is 0 Å². The molecule has 9 heteroatoms. The number of rotatable bonds is 7. The van der Waals surface area contributed by atoms with Crippen molar-refractivity contribution in [3.05, 3.63) is 116 Å². The second-order valence-corrected chi connectivity index (χ2v) is 9.24. The number of primary amides is 1. The van der Waals surface area contributed by atoms with E-state index in [9.17, 15) is 23.2 Å². The third kappa shape index (κ3) is 6.74. The predicted molar refractivity (Wildman–Crippen MR) is 149 cm³/mol. The van der Waals surface area contributed by atoms with Crippen LogP contribution in [0.1, 0.15) is 39.8 Å². The Bertz CT molecular complexity index is 1500. The van der Waals surface area contributed by atoms with Crippen molar-refractivity contribution in [2.75, 3.05) is 5.75 Å². The van der Waals surface area contributed by atoms with Crippen LogP contribution in [-0.4, -0.2) is 21.2 Å². The van der Waals surface area contributed by atoms with Crippen LogP contribution in [0.15, 0.2) is 82.4 Å². The number of carbonyl (C=O) groups is 1. The lowest BCUT2D eigenvalue weighted by molar-refractivity contribution is -0.121. The van der Waals surface area contributed by atoms with Crippen molar-refractivity contribution in [1.82, 2.24) is 9.55 Å². The maximum absolute atomic E-state index is 13.3. The van der Waals surface area contributed by atoms with Crippen LogP contribution in [0.25, 0.3) is 10.9 Å². The molecule has 0 fully saturated rings. The topological polar surface area (TPSA) is 97.9 Å². The van der Waals surface area contributed by atoms with Crippen molar-refractivity contribution >= 4 is 29.4 Å². The number of halogens is 2. The molecule has 4 aromatic rings. The molecule has 3 N–H and O–H groups in total. The van der Waals surface area contributed by atoms with Gasteiger partial charge in [-0.05, 0) is 46.9 Å². The van der Waals surface area contributed by atoms with Gasteiger partial charge in [0.15, 0.2) is 0 Å². The highest BCUT2D eigenvalue weighted by Crippen LogP contribution is 2.27. The number of para-hydroxylation sites is 1. The van der Waals surface area contributed by atoms with E-state index in [0.717, 1.165) is 16.2 Å². The molecule has 1 amide bonds. The standard InChI is InChI=1S/C17H15N3O3.C11H14F2S.2H2/c18-15(21)14(10-11-6-2-1-3-7-11)20-16(22)12-8-4-5-9-13(12)19-17(20)23;1-7(6-14)8(2)10-4-3-9(12)5-11(10)13;;/h1-9,14H,10H2,(H2,18,21)(H,19,23);3-5,7-8,14H,6H2,1-2H3;2*1H/t;7-,8?;;/m.1../s1. The number of aromatic nitrogens is 2. The summed E-state index contributed by atoms with van der Waals surface area (Å²) in [6, 6.07) is 18.5. The number of H-pyrrole nitrogens is 1. The number of amides is 1. The quantitative estimate of drug-likeness (QED) is 0.291. The lowest BCUT2D eigenvalue weighted by Crippen LogP contribution is -2.43. The molecule has 4 rings (SSSR count). The Morgan fingerprint density at radius 3 is 2.30 bits per heavy atom. The van der Waals surface area contributed by atoms with Gasteiger partial charge in [-0.1, -0.05) is 62.4 Å². The van der Waals surface area contributed by atoms with Gasteiger partial charge in [0.1, 0.15) is 17.7 Å². The average Bonchev–Trinajstić information content (AvgIpc) is 2.88. The van der Waals surface area contributed by atoms with Gasteiger partial charge in [-0.2, -0.15) is 12.6 Å². The van der Waals surface area contributed by atoms with Gasteiger partial charge in [-0.25, -0.2) is 18.1 Å². The number of thiol groups is 1. The maximum atomic E-state index is 13.3. The van der Waals surface area contributed by atoms with E-state index in [0.29, 0.717) is 22.2 Å². The van der Waals surface area contributed by atoms with E-state index >= 15 is 0 Å². The fourth-order valence-corrected chi connectivity index (χ4v) is 4.27. The van der Waals surface area contributed by atoms with Crippen LogP contribution in [0, 0.1) is 17.6 Å². The predicted octanol–water partition coefficient (Wildman–Crippen LogP) is 5.09. The molecule has 1 heterocycles. The van der Waals surface area contributed by atoms with E-state index in [1.807, 2.05) is 44.2 Å². The summed E-state index contributed by atoms with van der Waals surface area (Å²) in [7, 11) is 0. The monoisotopic (exact) mass is 529 g/mol. The number of hydrogen-bond acceptors (Lipinski definition) is 4. The minimum absolute atomic E-state index is 0. The van der Waals surface area contributed by atoms with Gasteiger partial charge in [-0.15, -0.1) is 0 Å². The first-order valence-corrected chi connectivity index (χ1v) is 12.4. The molecule has 3 aromatic carbocycles. The summed E-state index contributed by atoms with van der Waals surface area (Å²) in [5.74, 6) is -0.691. The highest BCUT2D eigenvalue weighted by Gasteiger charge is 2.23. The zero-order valence-corrected chi connectivity index (χ0v) is 21.4. The summed E-state index contributed by atoms with van der Waals surface area (Å²) in [6.07, 6.45) is 0.178. The van der Waals surface area contributed by atoms with Gasteiger partial charge in [0.25, 0.3) is 5.56 Å². The fraction of sp³-hybridized carbons (Fsp3) is 0.250. The summed E-state index contributed by atoms with van der Waals surface area (Å²) in [4.78, 5) is 39.4. The van der Waals surface area contributed by atoms with E-state index in [1.54, 1.807) is 24.3 Å². The summed E-state index contributed by atoms with van der Waals surface area (Å²) < 4.78 is 26.9. The van der Waals surface area contributed by atoms with Crippen LogP contribution in [0.4, 0.5) is 8.78 Å². The Morgan fingerprint density at radius 1 is 1.03 bits per heavy atom. The fourth-order valence-electron chi connectivity index (χ4n) is 3.95. The molecule has 0 radical (unpaired) electrons. The first kappa shape index (κ1) is 27.9. The van der Waals surface area contributed by atoms with E-state index in [1.165, 1.54) is 12.1 Å². The molecule has 6 nitrogen and oxygen atoms in total. The van der Waals surface area contributed by atoms with Crippen molar-refractivity contribution in [1.29, 1.82) is 0 Å². The maximum Gasteiger partial charge on any atom is 0.329 e. The number of nitrogens with two attached hydrogens (primary N) is 1. The molecule has 0 saturated heterocycles. The van der Waals surface area contributed by atoms with Gasteiger partial charge in [0.05, 0.1) is 10.9 Å². The lowest BCUT2D eigenvalue weighted by Gasteiger charge is -2.18. The van der Waals surface area contributed by atoms with Crippen LogP contribution >= 0.6 is 12.6 Å². The number of nitrogens with zero attached hydrogens (tertiary/aromatic N) is 1. The van der Waals surface area contributed by atoms with E-state index in [4.69, 9.17) is 5.73 Å². The van der Waals surface area contributed by atoms with Crippen molar-refractivity contribution < 1.29 is 16.4 Å². The Hall–Kier alpha value is -3.72. The Morgan fingerprint density at radius 2 is 1.68 bits per heavy atom. The number of fused-ring (bicyclic) bond motifs is 1. The van der Waals surface area contributed by atoms with Crippen molar-refractivity contribution in [2.45, 2.75) is 32.2 Å². The van der Waals surface area contributed by atoms with Crippen molar-refractivity contribution in [3.63, 3.8) is 0 Å². The number of carbonyl (C=O) groups excluding carboxylic acids is 1. The van der Waals surface area contributed by atoms with Crippen LogP contribution in [0.3, 0.4) is 0 Å². The highest BCUT2D eigenvalue weighted by atomic mass is 32.1. The molecule has 2 unspecified atom stereocenters. The van der Waals surface area contributed by atoms with Gasteiger partial charge in [-0.3, -0.25) is 9.59 Å². The second-order valence-electron chi connectivity index (χ2n) is 8.87. The van der Waals surface area contributed by atoms with E-state index < -0.39 is 34.8 Å². The van der Waals surface area contributed by atoms with Gasteiger partial charge in [0.2, 0.25) is 5.91 Å². The molecule has 198 valence electrons. The van der Waals surface area contributed by atoms with Crippen molar-refractivity contribution in [3.8, 4) is 0 Å². The molecule has 0 saturated carbocycles. The Labute approximate surface area is 221 Å². The largest absolute Gasteiger partial charge is 0.368 e. The minimum atomic E-state index is -1.04. The van der Waals surface area contributed by atoms with E-state index in [2.05, 4.69) is 17.6 Å². The molecule has 0 bridgehead atoms. The zero-order chi connectivity index (χ0) is 27.1. The average molecular weight is 530 g/mol. The molecule has 0 aliphatic heterocycles. The summed E-state index contributed by atoms with van der Waals surface area (Å²) in [6.45, 7) is 3.93. The van der Waals surface area contributed by atoms with Crippen LogP contribution < -0.4 is 17.0 Å². The molecule has 0 spiro atoms. The summed E-state index contributed by atoms with van der Waals surface area (Å²) in [5.41, 5.74) is 6.09. The summed E-state index contributed by atoms with van der Waals surface area (Å²) in [5, 5.41) is 0.339. The van der Waals surface area contributed by atoms with Gasteiger partial charge in [0, 0.05) is 15.3 Å². The molecule has 0 aliphatic rings. The van der Waals surface area contributed by atoms with Gasteiger partial charge < -0.3 is 10.7 Å². The third-order valence-corrected chi connectivity index (χ3v) is 6.92. The van der Waals surface area contributed by atoms with Crippen LogP contribution in [-0.2, 0) is 11.2 Å². The lowest BCUT2D eigenvalue weighted by atomic mass is 9.90. The molecule has 37 heavy (non-hydrogen) atoms.